The van der Waals surface area contributed by atoms with Crippen molar-refractivity contribution in [2.75, 3.05) is 0 Å². The second kappa shape index (κ2) is 6.04. The summed E-state index contributed by atoms with van der Waals surface area (Å²) in [5.41, 5.74) is 7.33. The molecule has 0 aliphatic carbocycles. The fourth-order valence-electron chi connectivity index (χ4n) is 1.70. The minimum atomic E-state index is -1.41. The molecule has 2 nitrogen and oxygen atoms in total. The second-order valence-corrected chi connectivity index (χ2v) is 5.54. The second-order valence-electron chi connectivity index (χ2n) is 4.09. The molecule has 0 saturated heterocycles. The van der Waals surface area contributed by atoms with Crippen molar-refractivity contribution in [3.63, 3.8) is 0 Å². The lowest BCUT2D eigenvalue weighted by Gasteiger charge is -2.05. The molecule has 0 spiro atoms. The first-order valence-corrected chi connectivity index (χ1v) is 7.03. The molecule has 100 valence electrons. The third-order valence-corrected chi connectivity index (χ3v) is 4.05. The maximum atomic E-state index is 13.1. The van der Waals surface area contributed by atoms with Crippen LogP contribution in [0.3, 0.4) is 0 Å². The predicted molar refractivity (Wildman–Crippen MR) is 70.8 cm³/mol. The van der Waals surface area contributed by atoms with Gasteiger partial charge in [-0.15, -0.1) is 0 Å². The van der Waals surface area contributed by atoms with Crippen molar-refractivity contribution < 1.29 is 13.0 Å². The average molecular weight is 281 g/mol. The molecular formula is C14H13F2NOS. The van der Waals surface area contributed by atoms with Crippen LogP contribution in [0, 0.1) is 11.6 Å². The number of benzene rings is 2. The van der Waals surface area contributed by atoms with Crippen LogP contribution in [0.5, 0.6) is 0 Å². The van der Waals surface area contributed by atoms with Gasteiger partial charge in [-0.3, -0.25) is 4.21 Å². The Hall–Kier alpha value is -1.59. The van der Waals surface area contributed by atoms with Gasteiger partial charge in [0.25, 0.3) is 0 Å². The van der Waals surface area contributed by atoms with Crippen LogP contribution in [-0.2, 0) is 23.1 Å². The molecule has 0 fully saturated rings. The first-order chi connectivity index (χ1) is 9.10. The van der Waals surface area contributed by atoms with Gasteiger partial charge in [-0.05, 0) is 29.3 Å². The van der Waals surface area contributed by atoms with E-state index in [1.165, 1.54) is 6.07 Å². The maximum Gasteiger partial charge on any atom is 0.160 e. The van der Waals surface area contributed by atoms with Crippen LogP contribution >= 0.6 is 0 Å². The van der Waals surface area contributed by atoms with Gasteiger partial charge >= 0.3 is 0 Å². The summed E-state index contributed by atoms with van der Waals surface area (Å²) in [6.45, 7) is 0.408. The Morgan fingerprint density at radius 2 is 1.74 bits per heavy atom. The van der Waals surface area contributed by atoms with Crippen molar-refractivity contribution in [3.05, 3.63) is 65.2 Å². The van der Waals surface area contributed by atoms with Crippen molar-refractivity contribution in [3.8, 4) is 0 Å². The Balaban J connectivity index is 2.18. The summed E-state index contributed by atoms with van der Waals surface area (Å²) in [6.07, 6.45) is 0. The van der Waals surface area contributed by atoms with Gasteiger partial charge in [0.1, 0.15) is 0 Å². The van der Waals surface area contributed by atoms with Gasteiger partial charge in [0.15, 0.2) is 11.6 Å². The Bertz CT molecular complexity index is 616. The number of rotatable bonds is 4. The minimum absolute atomic E-state index is 0.249. The van der Waals surface area contributed by atoms with Gasteiger partial charge in [0, 0.05) is 11.4 Å². The Morgan fingerprint density at radius 1 is 1.00 bits per heavy atom. The summed E-state index contributed by atoms with van der Waals surface area (Å²) in [4.78, 5) is 0.275. The Labute approximate surface area is 112 Å². The van der Waals surface area contributed by atoms with E-state index in [4.69, 9.17) is 5.73 Å². The summed E-state index contributed by atoms with van der Waals surface area (Å²) in [5.74, 6) is -1.67. The van der Waals surface area contributed by atoms with Crippen LogP contribution in [0.2, 0.25) is 0 Å². The summed E-state index contributed by atoms with van der Waals surface area (Å²) >= 11 is 0. The summed E-state index contributed by atoms with van der Waals surface area (Å²) in [5, 5.41) is 0. The van der Waals surface area contributed by atoms with Crippen molar-refractivity contribution in [1.29, 1.82) is 0 Å². The Kier molecular flexibility index (Phi) is 4.39. The zero-order valence-electron chi connectivity index (χ0n) is 10.1. The molecule has 0 aromatic heterocycles. The van der Waals surface area contributed by atoms with Crippen molar-refractivity contribution in [1.82, 2.24) is 0 Å². The van der Waals surface area contributed by atoms with E-state index in [9.17, 15) is 13.0 Å². The van der Waals surface area contributed by atoms with Gasteiger partial charge in [-0.25, -0.2) is 8.78 Å². The van der Waals surface area contributed by atoms with Gasteiger partial charge in [-0.1, -0.05) is 24.3 Å². The lowest BCUT2D eigenvalue weighted by molar-refractivity contribution is 0.505. The molecule has 19 heavy (non-hydrogen) atoms. The lowest BCUT2D eigenvalue weighted by Crippen LogP contribution is -2.01. The summed E-state index contributed by atoms with van der Waals surface area (Å²) in [7, 11) is -1.41. The molecule has 2 aromatic rings. The molecule has 2 rings (SSSR count). The highest BCUT2D eigenvalue weighted by Gasteiger charge is 2.09. The van der Waals surface area contributed by atoms with E-state index in [0.717, 1.165) is 23.3 Å². The first kappa shape index (κ1) is 13.8. The molecule has 2 N–H and O–H groups in total. The van der Waals surface area contributed by atoms with Crippen LogP contribution in [0.1, 0.15) is 11.1 Å². The van der Waals surface area contributed by atoms with Crippen LogP contribution in [0.15, 0.2) is 47.4 Å². The smallest absolute Gasteiger partial charge is 0.160 e. The SMILES string of the molecule is NCc1cccc(CS(=O)c2ccc(F)c(F)c2)c1. The molecule has 2 aromatic carbocycles. The van der Waals surface area contributed by atoms with Gasteiger partial charge in [0.05, 0.1) is 16.6 Å². The van der Waals surface area contributed by atoms with Crippen LogP contribution in [0.25, 0.3) is 0 Å². The van der Waals surface area contributed by atoms with Gasteiger partial charge in [-0.2, -0.15) is 0 Å². The highest BCUT2D eigenvalue weighted by atomic mass is 32.2. The molecule has 0 radical (unpaired) electrons. The lowest BCUT2D eigenvalue weighted by atomic mass is 10.1. The van der Waals surface area contributed by atoms with Crippen molar-refractivity contribution in [2.45, 2.75) is 17.2 Å². The number of nitrogens with two attached hydrogens (primary N) is 1. The van der Waals surface area contributed by atoms with Crippen LogP contribution < -0.4 is 5.73 Å². The van der Waals surface area contributed by atoms with E-state index >= 15 is 0 Å². The number of hydrogen-bond acceptors (Lipinski definition) is 2. The molecule has 0 saturated carbocycles. The zero-order chi connectivity index (χ0) is 13.8. The molecule has 1 atom stereocenters. The highest BCUT2D eigenvalue weighted by molar-refractivity contribution is 7.84. The molecule has 0 aliphatic rings. The number of halogens is 2. The Morgan fingerprint density at radius 3 is 2.42 bits per heavy atom. The molecule has 0 amide bonds. The molecule has 0 aliphatic heterocycles. The fourth-order valence-corrected chi connectivity index (χ4v) is 2.80. The monoisotopic (exact) mass is 281 g/mol. The summed E-state index contributed by atoms with van der Waals surface area (Å²) in [6, 6.07) is 10.7. The van der Waals surface area contributed by atoms with Crippen molar-refractivity contribution in [2.24, 2.45) is 5.73 Å². The van der Waals surface area contributed by atoms with E-state index in [1.54, 1.807) is 0 Å². The fraction of sp³-hybridized carbons (Fsp3) is 0.143. The van der Waals surface area contributed by atoms with E-state index in [-0.39, 0.29) is 10.6 Å². The van der Waals surface area contributed by atoms with Crippen LogP contribution in [-0.4, -0.2) is 4.21 Å². The first-order valence-electron chi connectivity index (χ1n) is 5.71. The summed E-state index contributed by atoms with van der Waals surface area (Å²) < 4.78 is 37.9. The minimum Gasteiger partial charge on any atom is -0.326 e. The molecule has 5 heteroatoms. The predicted octanol–water partition coefficient (Wildman–Crippen LogP) is 2.73. The van der Waals surface area contributed by atoms with Gasteiger partial charge in [0.2, 0.25) is 0 Å². The number of hydrogen-bond donors (Lipinski definition) is 1. The molecule has 0 bridgehead atoms. The average Bonchev–Trinajstić information content (AvgIpc) is 2.42. The largest absolute Gasteiger partial charge is 0.326 e. The zero-order valence-corrected chi connectivity index (χ0v) is 10.9. The maximum absolute atomic E-state index is 13.1. The van der Waals surface area contributed by atoms with Crippen molar-refractivity contribution >= 4 is 10.8 Å². The van der Waals surface area contributed by atoms with Crippen LogP contribution in [0.4, 0.5) is 8.78 Å². The quantitative estimate of drug-likeness (QED) is 0.936. The van der Waals surface area contributed by atoms with E-state index in [1.807, 2.05) is 24.3 Å². The highest BCUT2D eigenvalue weighted by Crippen LogP contribution is 2.16. The molecule has 0 heterocycles. The third-order valence-electron chi connectivity index (χ3n) is 2.68. The third kappa shape index (κ3) is 3.45. The van der Waals surface area contributed by atoms with E-state index in [2.05, 4.69) is 0 Å². The van der Waals surface area contributed by atoms with E-state index in [0.29, 0.717) is 6.54 Å². The molecular weight excluding hydrogens is 268 g/mol. The standard InChI is InChI=1S/C14H13F2NOS/c15-13-5-4-12(7-14(13)16)19(18)9-11-3-1-2-10(6-11)8-17/h1-7H,8-9,17H2. The molecule has 1 unspecified atom stereocenters. The van der Waals surface area contributed by atoms with Gasteiger partial charge < -0.3 is 5.73 Å². The topological polar surface area (TPSA) is 43.1 Å². The normalized spacial score (nSPS) is 12.4. The van der Waals surface area contributed by atoms with E-state index < -0.39 is 22.4 Å².